The van der Waals surface area contributed by atoms with E-state index in [0.717, 1.165) is 0 Å². The normalized spacial score (nSPS) is 11.3. The number of hydrazine groups is 1. The number of hydrogen-bond acceptors (Lipinski definition) is 6. The molecule has 0 aromatic carbocycles. The molecule has 0 spiro atoms. The molecule has 2 N–H and O–H groups in total. The summed E-state index contributed by atoms with van der Waals surface area (Å²) in [7, 11) is -9.76. The molecule has 0 radical (unpaired) electrons. The zero-order chi connectivity index (χ0) is 14.7. The standard InChI is InChI=1S/C6H8N2O8S2/c1-3-17(13,14)7(5(9)10)8(6(11)12)18(15,16)4-2/h3-4H,1-2H2,(H,9,10)(H,11,12). The van der Waals surface area contributed by atoms with Gasteiger partial charge in [-0.3, -0.25) is 0 Å². The Hall–Kier alpha value is -2.08. The molecule has 2 amide bonds. The number of nitrogens with zero attached hydrogens (tertiary/aromatic N) is 2. The van der Waals surface area contributed by atoms with Crippen molar-refractivity contribution in [3.8, 4) is 0 Å². The zero-order valence-electron chi connectivity index (χ0n) is 8.62. The highest BCUT2D eigenvalue weighted by molar-refractivity contribution is 7.95. The lowest BCUT2D eigenvalue weighted by Gasteiger charge is -2.25. The molecule has 0 saturated heterocycles. The minimum absolute atomic E-state index is 0.0790. The summed E-state index contributed by atoms with van der Waals surface area (Å²) in [6, 6.07) is 0. The number of carbonyl (C=O) groups is 2. The van der Waals surface area contributed by atoms with Crippen LogP contribution >= 0.6 is 0 Å². The monoisotopic (exact) mass is 300 g/mol. The Kier molecular flexibility index (Phi) is 4.47. The van der Waals surface area contributed by atoms with Gasteiger partial charge in [0.1, 0.15) is 0 Å². The van der Waals surface area contributed by atoms with Crippen LogP contribution in [0.1, 0.15) is 0 Å². The first kappa shape index (κ1) is 15.9. The third kappa shape index (κ3) is 2.98. The smallest absolute Gasteiger partial charge is 0.442 e. The van der Waals surface area contributed by atoms with Gasteiger partial charge in [0, 0.05) is 10.8 Å². The number of rotatable bonds is 4. The van der Waals surface area contributed by atoms with E-state index in [4.69, 9.17) is 10.2 Å². The van der Waals surface area contributed by atoms with Gasteiger partial charge in [0.2, 0.25) is 0 Å². The Balaban J connectivity index is 6.19. The summed E-state index contributed by atoms with van der Waals surface area (Å²) >= 11 is 0. The van der Waals surface area contributed by atoms with Gasteiger partial charge in [0.25, 0.3) is 20.0 Å². The van der Waals surface area contributed by atoms with Crippen LogP contribution in [0.25, 0.3) is 0 Å². The van der Waals surface area contributed by atoms with Gasteiger partial charge in [-0.1, -0.05) is 22.0 Å². The van der Waals surface area contributed by atoms with Crippen molar-refractivity contribution in [2.45, 2.75) is 0 Å². The molecule has 102 valence electrons. The van der Waals surface area contributed by atoms with Crippen molar-refractivity contribution in [2.75, 3.05) is 0 Å². The molecule has 18 heavy (non-hydrogen) atoms. The molecule has 0 heterocycles. The lowest BCUT2D eigenvalue weighted by atomic mass is 11.1. The molecule has 0 saturated carbocycles. The summed E-state index contributed by atoms with van der Waals surface area (Å²) in [5.41, 5.74) is 0. The molecule has 12 heteroatoms. The summed E-state index contributed by atoms with van der Waals surface area (Å²) < 4.78 is 43.3. The topological polar surface area (TPSA) is 149 Å². The Morgan fingerprint density at radius 1 is 0.833 bits per heavy atom. The van der Waals surface area contributed by atoms with E-state index in [1.54, 1.807) is 0 Å². The Labute approximate surface area is 102 Å². The Morgan fingerprint density at radius 3 is 1.17 bits per heavy atom. The van der Waals surface area contributed by atoms with Gasteiger partial charge in [-0.2, -0.15) is 16.8 Å². The van der Waals surface area contributed by atoms with Crippen LogP contribution in [-0.4, -0.2) is 48.1 Å². The molecule has 0 aliphatic heterocycles. The Bertz CT molecular complexity index is 535. The molecular weight excluding hydrogens is 292 g/mol. The minimum atomic E-state index is -4.88. The highest BCUT2D eigenvalue weighted by atomic mass is 32.2. The molecule has 0 bridgehead atoms. The fraction of sp³-hybridized carbons (Fsp3) is 0. The van der Waals surface area contributed by atoms with Crippen molar-refractivity contribution >= 4 is 32.2 Å². The van der Waals surface area contributed by atoms with Crippen molar-refractivity contribution in [2.24, 2.45) is 0 Å². The maximum absolute atomic E-state index is 11.3. The van der Waals surface area contributed by atoms with Crippen LogP contribution in [0.2, 0.25) is 0 Å². The average Bonchev–Trinajstić information content (AvgIpc) is 2.23. The van der Waals surface area contributed by atoms with Crippen LogP contribution in [0.15, 0.2) is 24.0 Å². The first-order valence-corrected chi connectivity index (χ1v) is 6.83. The van der Waals surface area contributed by atoms with Gasteiger partial charge in [0.05, 0.1) is 0 Å². The van der Waals surface area contributed by atoms with Crippen molar-refractivity contribution in [1.29, 1.82) is 0 Å². The molecule has 0 aromatic heterocycles. The van der Waals surface area contributed by atoms with Gasteiger partial charge < -0.3 is 10.2 Å². The van der Waals surface area contributed by atoms with Crippen LogP contribution < -0.4 is 0 Å². The molecule has 0 aliphatic rings. The SMILES string of the molecule is C=CS(=O)(=O)N(C(=O)O)N(C(=O)O)S(=O)(=O)C=C. The maximum Gasteiger partial charge on any atom is 0.442 e. The molecule has 0 aromatic rings. The largest absolute Gasteiger partial charge is 0.463 e. The van der Waals surface area contributed by atoms with Gasteiger partial charge in [-0.15, -0.1) is 0 Å². The number of amides is 2. The maximum atomic E-state index is 11.3. The molecular formula is C6H8N2O8S2. The molecule has 10 nitrogen and oxygen atoms in total. The summed E-state index contributed by atoms with van der Waals surface area (Å²) in [5, 5.41) is 17.4. The fourth-order valence-electron chi connectivity index (χ4n) is 0.721. The van der Waals surface area contributed by atoms with E-state index in [9.17, 15) is 26.4 Å². The lowest BCUT2D eigenvalue weighted by Crippen LogP contribution is -2.53. The minimum Gasteiger partial charge on any atom is -0.463 e. The van der Waals surface area contributed by atoms with E-state index in [2.05, 4.69) is 13.2 Å². The molecule has 0 rings (SSSR count). The Morgan fingerprint density at radius 2 is 1.06 bits per heavy atom. The van der Waals surface area contributed by atoms with Gasteiger partial charge >= 0.3 is 12.2 Å². The van der Waals surface area contributed by atoms with Gasteiger partial charge in [-0.25, -0.2) is 9.59 Å². The second-order valence-electron chi connectivity index (χ2n) is 2.47. The highest BCUT2D eigenvalue weighted by Crippen LogP contribution is 2.15. The molecule has 0 unspecified atom stereocenters. The van der Waals surface area contributed by atoms with Crippen molar-refractivity contribution in [3.63, 3.8) is 0 Å². The summed E-state index contributed by atoms with van der Waals surface area (Å²) in [4.78, 5) is 21.4. The second kappa shape index (κ2) is 5.05. The second-order valence-corrected chi connectivity index (χ2v) is 5.89. The summed E-state index contributed by atoms with van der Waals surface area (Å²) in [6.45, 7) is 5.50. The third-order valence-electron chi connectivity index (χ3n) is 1.40. The number of carboxylic acid groups (broad SMARTS) is 2. The van der Waals surface area contributed by atoms with Crippen LogP contribution in [0.4, 0.5) is 9.59 Å². The summed E-state index contributed by atoms with van der Waals surface area (Å²) in [6.07, 6.45) is -4.69. The predicted molar refractivity (Wildman–Crippen MR) is 58.0 cm³/mol. The number of sulfonamides is 2. The highest BCUT2D eigenvalue weighted by Gasteiger charge is 2.41. The van der Waals surface area contributed by atoms with Gasteiger partial charge in [-0.05, 0) is 0 Å². The van der Waals surface area contributed by atoms with E-state index in [1.165, 1.54) is 0 Å². The first-order valence-electron chi connectivity index (χ1n) is 3.82. The van der Waals surface area contributed by atoms with Crippen LogP contribution in [0, 0.1) is 0 Å². The van der Waals surface area contributed by atoms with E-state index < -0.39 is 41.1 Å². The zero-order valence-corrected chi connectivity index (χ0v) is 10.3. The van der Waals surface area contributed by atoms with Crippen LogP contribution in [-0.2, 0) is 20.0 Å². The van der Waals surface area contributed by atoms with Crippen molar-refractivity contribution in [1.82, 2.24) is 8.83 Å². The molecule has 0 aliphatic carbocycles. The molecule has 0 atom stereocenters. The predicted octanol–water partition coefficient (Wildman–Crippen LogP) is -0.192. The van der Waals surface area contributed by atoms with Crippen molar-refractivity contribution < 1.29 is 36.6 Å². The molecule has 0 fully saturated rings. The average molecular weight is 300 g/mol. The number of hydrogen-bond donors (Lipinski definition) is 2. The van der Waals surface area contributed by atoms with E-state index in [1.807, 2.05) is 0 Å². The van der Waals surface area contributed by atoms with Crippen LogP contribution in [0.5, 0.6) is 0 Å². The van der Waals surface area contributed by atoms with E-state index >= 15 is 0 Å². The van der Waals surface area contributed by atoms with Crippen molar-refractivity contribution in [3.05, 3.63) is 24.0 Å². The van der Waals surface area contributed by atoms with E-state index in [-0.39, 0.29) is 10.8 Å². The first-order chi connectivity index (χ1) is 8.01. The fourth-order valence-corrected chi connectivity index (χ4v) is 2.55. The van der Waals surface area contributed by atoms with E-state index in [0.29, 0.717) is 0 Å². The third-order valence-corrected chi connectivity index (χ3v) is 3.94. The lowest BCUT2D eigenvalue weighted by molar-refractivity contribution is 0.100. The van der Waals surface area contributed by atoms with Gasteiger partial charge in [0.15, 0.2) is 0 Å². The van der Waals surface area contributed by atoms with Crippen LogP contribution in [0.3, 0.4) is 0 Å². The quantitative estimate of drug-likeness (QED) is 0.678. The summed E-state index contributed by atoms with van der Waals surface area (Å²) in [5.74, 6) is 0.